The lowest BCUT2D eigenvalue weighted by Crippen LogP contribution is -2.49. The van der Waals surface area contributed by atoms with Crippen LogP contribution < -0.4 is 15.8 Å². The third-order valence-electron chi connectivity index (χ3n) is 5.77. The van der Waals surface area contributed by atoms with Crippen LogP contribution in [0.3, 0.4) is 0 Å². The Morgan fingerprint density at radius 3 is 2.83 bits per heavy atom. The molecule has 1 heterocycles. The van der Waals surface area contributed by atoms with E-state index in [0.29, 0.717) is 37.2 Å². The van der Waals surface area contributed by atoms with Crippen molar-refractivity contribution in [3.05, 3.63) is 53.8 Å². The zero-order valence-corrected chi connectivity index (χ0v) is 17.4. The van der Waals surface area contributed by atoms with E-state index in [1.165, 1.54) is 0 Å². The quantitative estimate of drug-likeness (QED) is 0.639. The minimum atomic E-state index is -1.03. The number of nitrogens with one attached hydrogen (secondary N) is 1. The van der Waals surface area contributed by atoms with Gasteiger partial charge in [-0.25, -0.2) is 0 Å². The fourth-order valence-electron chi connectivity index (χ4n) is 4.09. The van der Waals surface area contributed by atoms with E-state index in [1.807, 2.05) is 25.1 Å². The summed E-state index contributed by atoms with van der Waals surface area (Å²) in [6, 6.07) is 7.26. The number of amides is 3. The summed E-state index contributed by atoms with van der Waals surface area (Å²) in [5.41, 5.74) is 5.59. The Balaban J connectivity index is 1.87. The Morgan fingerprint density at radius 2 is 2.17 bits per heavy atom. The number of ether oxygens (including phenoxy) is 2. The highest BCUT2D eigenvalue weighted by Gasteiger charge is 2.45. The van der Waals surface area contributed by atoms with Crippen molar-refractivity contribution in [1.29, 1.82) is 0 Å². The van der Waals surface area contributed by atoms with Crippen molar-refractivity contribution in [3.63, 3.8) is 0 Å². The number of nitrogens with two attached hydrogens (primary N) is 1. The summed E-state index contributed by atoms with van der Waals surface area (Å²) < 4.78 is 11.7. The molecule has 2 aliphatic rings. The number of hydrogen-bond donors (Lipinski definition) is 2. The second-order valence-corrected chi connectivity index (χ2v) is 7.75. The van der Waals surface area contributed by atoms with Crippen molar-refractivity contribution in [2.24, 2.45) is 11.1 Å². The van der Waals surface area contributed by atoms with Crippen LogP contribution in [-0.2, 0) is 19.1 Å². The molecular formula is C23H28N2O5. The highest BCUT2D eigenvalue weighted by atomic mass is 16.5. The largest absolute Gasteiger partial charge is 0.501 e. The van der Waals surface area contributed by atoms with Crippen LogP contribution in [0.5, 0.6) is 5.75 Å². The van der Waals surface area contributed by atoms with Gasteiger partial charge in [0.15, 0.2) is 0 Å². The van der Waals surface area contributed by atoms with Crippen LogP contribution in [0.15, 0.2) is 48.3 Å². The number of allylic oxidation sites excluding steroid dienone is 3. The molecule has 7 nitrogen and oxygen atoms in total. The van der Waals surface area contributed by atoms with E-state index in [1.54, 1.807) is 31.4 Å². The Hall–Kier alpha value is -3.09. The van der Waals surface area contributed by atoms with Crippen molar-refractivity contribution in [2.75, 3.05) is 7.11 Å². The van der Waals surface area contributed by atoms with E-state index in [4.69, 9.17) is 15.2 Å². The minimum absolute atomic E-state index is 0.249. The molecular weight excluding hydrogens is 384 g/mol. The number of piperidine rings is 1. The number of hydrogen-bond acceptors (Lipinski definition) is 5. The topological polar surface area (TPSA) is 108 Å². The predicted octanol–water partition coefficient (Wildman–Crippen LogP) is 2.72. The molecule has 1 aliphatic heterocycles. The van der Waals surface area contributed by atoms with E-state index in [9.17, 15) is 14.4 Å². The zero-order chi connectivity index (χ0) is 21.7. The highest BCUT2D eigenvalue weighted by molar-refractivity contribution is 6.00. The fourth-order valence-corrected chi connectivity index (χ4v) is 4.09. The lowest BCUT2D eigenvalue weighted by molar-refractivity contribution is -0.134. The molecule has 3 amide bonds. The summed E-state index contributed by atoms with van der Waals surface area (Å²) in [5, 5.41) is 2.38. The molecule has 7 heteroatoms. The van der Waals surface area contributed by atoms with Gasteiger partial charge in [0.2, 0.25) is 17.7 Å². The molecule has 0 spiro atoms. The van der Waals surface area contributed by atoms with Crippen LogP contribution in [0.2, 0.25) is 0 Å². The molecule has 3 atom stereocenters. The Morgan fingerprint density at radius 1 is 1.37 bits per heavy atom. The van der Waals surface area contributed by atoms with Gasteiger partial charge in [0.1, 0.15) is 17.3 Å². The van der Waals surface area contributed by atoms with Crippen molar-refractivity contribution in [3.8, 4) is 5.75 Å². The third kappa shape index (κ3) is 4.40. The van der Waals surface area contributed by atoms with Crippen LogP contribution in [0.1, 0.15) is 50.5 Å². The number of benzene rings is 1. The Bertz CT molecular complexity index is 891. The van der Waals surface area contributed by atoms with Gasteiger partial charge in [-0.05, 0) is 36.6 Å². The van der Waals surface area contributed by atoms with E-state index < -0.39 is 23.3 Å². The number of imide groups is 1. The standard InChI is InChI=1S/C23H28N2O5/c1-3-6-19(23(22(24)28)12-5-9-17(14-23)29-2)30-16-8-4-7-15(13-16)18-10-11-20(26)25-21(18)27/h4-5,7-9,12-13,18-19H,3,6,10-11,14H2,1-2H3,(H2,24,28)(H,25,26,27). The molecule has 0 radical (unpaired) electrons. The summed E-state index contributed by atoms with van der Waals surface area (Å²) in [4.78, 5) is 36.2. The molecule has 0 bridgehead atoms. The van der Waals surface area contributed by atoms with Gasteiger partial charge < -0.3 is 15.2 Å². The number of carbonyl (C=O) groups is 3. The van der Waals surface area contributed by atoms with Crippen LogP contribution in [0, 0.1) is 5.41 Å². The lowest BCUT2D eigenvalue weighted by Gasteiger charge is -2.37. The van der Waals surface area contributed by atoms with Gasteiger partial charge in [-0.2, -0.15) is 0 Å². The molecule has 3 unspecified atom stereocenters. The molecule has 1 saturated heterocycles. The van der Waals surface area contributed by atoms with Gasteiger partial charge in [0.05, 0.1) is 18.8 Å². The molecule has 0 aromatic heterocycles. The van der Waals surface area contributed by atoms with Crippen molar-refractivity contribution in [2.45, 2.75) is 51.0 Å². The molecule has 1 fully saturated rings. The van der Waals surface area contributed by atoms with Gasteiger partial charge in [-0.1, -0.05) is 37.6 Å². The SMILES string of the molecule is CCCC(Oc1cccc(C2CCC(=O)NC2=O)c1)C1(C(N)=O)C=CC=C(OC)C1. The van der Waals surface area contributed by atoms with E-state index in [-0.39, 0.29) is 11.8 Å². The van der Waals surface area contributed by atoms with Crippen molar-refractivity contribution >= 4 is 17.7 Å². The normalized spacial score (nSPS) is 24.6. The first-order chi connectivity index (χ1) is 14.4. The predicted molar refractivity (Wildman–Crippen MR) is 111 cm³/mol. The molecule has 1 aliphatic carbocycles. The first-order valence-corrected chi connectivity index (χ1v) is 10.2. The monoisotopic (exact) mass is 412 g/mol. The molecule has 3 N–H and O–H groups in total. The van der Waals surface area contributed by atoms with E-state index in [0.717, 1.165) is 12.0 Å². The second-order valence-electron chi connectivity index (χ2n) is 7.75. The molecule has 1 aromatic rings. The number of methoxy groups -OCH3 is 1. The second kappa shape index (κ2) is 9.15. The van der Waals surface area contributed by atoms with Gasteiger partial charge in [0, 0.05) is 12.8 Å². The van der Waals surface area contributed by atoms with E-state index in [2.05, 4.69) is 5.32 Å². The van der Waals surface area contributed by atoms with Gasteiger partial charge in [0.25, 0.3) is 0 Å². The molecule has 160 valence electrons. The maximum atomic E-state index is 12.6. The van der Waals surface area contributed by atoms with Gasteiger partial charge in [-0.15, -0.1) is 0 Å². The van der Waals surface area contributed by atoms with Crippen molar-refractivity contribution < 1.29 is 23.9 Å². The van der Waals surface area contributed by atoms with Crippen LogP contribution >= 0.6 is 0 Å². The van der Waals surface area contributed by atoms with Crippen molar-refractivity contribution in [1.82, 2.24) is 5.32 Å². The highest BCUT2D eigenvalue weighted by Crippen LogP contribution is 2.40. The molecule has 3 rings (SSSR count). The zero-order valence-electron chi connectivity index (χ0n) is 17.4. The summed E-state index contributed by atoms with van der Waals surface area (Å²) in [5.74, 6) is -0.204. The summed E-state index contributed by atoms with van der Waals surface area (Å²) in [6.07, 6.45) is 7.40. The summed E-state index contributed by atoms with van der Waals surface area (Å²) in [7, 11) is 1.57. The lowest BCUT2D eigenvalue weighted by atomic mass is 9.73. The van der Waals surface area contributed by atoms with E-state index >= 15 is 0 Å². The maximum absolute atomic E-state index is 12.6. The minimum Gasteiger partial charge on any atom is -0.501 e. The summed E-state index contributed by atoms with van der Waals surface area (Å²) in [6.45, 7) is 2.02. The average Bonchev–Trinajstić information content (AvgIpc) is 2.73. The van der Waals surface area contributed by atoms with Crippen LogP contribution in [0.4, 0.5) is 0 Å². The maximum Gasteiger partial charge on any atom is 0.234 e. The molecule has 1 aromatic carbocycles. The fraction of sp³-hybridized carbons (Fsp3) is 0.435. The van der Waals surface area contributed by atoms with Crippen LogP contribution in [0.25, 0.3) is 0 Å². The smallest absolute Gasteiger partial charge is 0.234 e. The molecule has 0 saturated carbocycles. The first-order valence-electron chi connectivity index (χ1n) is 10.2. The van der Waals surface area contributed by atoms with Gasteiger partial charge in [-0.3, -0.25) is 19.7 Å². The Kier molecular flexibility index (Phi) is 6.59. The molecule has 30 heavy (non-hydrogen) atoms. The number of rotatable bonds is 8. The van der Waals surface area contributed by atoms with Crippen LogP contribution in [-0.4, -0.2) is 30.9 Å². The Labute approximate surface area is 176 Å². The average molecular weight is 412 g/mol. The first kappa shape index (κ1) is 21.6. The number of carbonyl (C=O) groups excluding carboxylic acids is 3. The summed E-state index contributed by atoms with van der Waals surface area (Å²) >= 11 is 0. The number of primary amides is 1. The van der Waals surface area contributed by atoms with Gasteiger partial charge >= 0.3 is 0 Å². The third-order valence-corrected chi connectivity index (χ3v) is 5.77.